The van der Waals surface area contributed by atoms with E-state index in [1.165, 1.54) is 0 Å². The number of rotatable bonds is 3. The van der Waals surface area contributed by atoms with E-state index >= 15 is 0 Å². The molecule has 0 radical (unpaired) electrons. The lowest BCUT2D eigenvalue weighted by Gasteiger charge is -2.01. The van der Waals surface area contributed by atoms with Gasteiger partial charge in [-0.25, -0.2) is 4.79 Å². The van der Waals surface area contributed by atoms with Gasteiger partial charge in [0.05, 0.1) is 11.9 Å². The molecule has 7 heteroatoms. The number of aromatic amines is 2. The Hall–Kier alpha value is -2.83. The van der Waals surface area contributed by atoms with E-state index in [4.69, 9.17) is 0 Å². The van der Waals surface area contributed by atoms with E-state index in [1.54, 1.807) is 6.07 Å². The van der Waals surface area contributed by atoms with Crippen LogP contribution in [-0.4, -0.2) is 21.3 Å². The number of anilines is 1. The van der Waals surface area contributed by atoms with Crippen LogP contribution in [0.15, 0.2) is 39.0 Å². The minimum absolute atomic E-state index is 0.125. The van der Waals surface area contributed by atoms with E-state index in [2.05, 4.69) is 15.5 Å². The van der Waals surface area contributed by atoms with Crippen LogP contribution in [-0.2, 0) is 0 Å². The highest BCUT2D eigenvalue weighted by atomic mass is 16.3. The Kier molecular flexibility index (Phi) is 3.46. The monoisotopic (exact) mass is 260 g/mol. The molecule has 4 N–H and O–H groups in total. The molecule has 0 saturated carbocycles. The quantitative estimate of drug-likeness (QED) is 0.476. The number of hydrogen-bond donors (Lipinski definition) is 4. The van der Waals surface area contributed by atoms with Gasteiger partial charge in [0.2, 0.25) is 5.88 Å². The third-order valence-corrected chi connectivity index (χ3v) is 2.36. The van der Waals surface area contributed by atoms with Crippen LogP contribution >= 0.6 is 0 Å². The summed E-state index contributed by atoms with van der Waals surface area (Å²) in [6.45, 7) is 1.94. The first-order valence-corrected chi connectivity index (χ1v) is 5.47. The number of hydrogen-bond acceptors (Lipinski definition) is 5. The maximum Gasteiger partial charge on any atom is 0.328 e. The Bertz CT molecular complexity index is 730. The normalized spacial score (nSPS) is 10.8. The maximum atomic E-state index is 11.4. The molecule has 7 nitrogen and oxygen atoms in total. The average molecular weight is 260 g/mol. The number of hydrazone groups is 1. The van der Waals surface area contributed by atoms with Gasteiger partial charge in [-0.1, -0.05) is 12.1 Å². The molecule has 2 aromatic rings. The van der Waals surface area contributed by atoms with E-state index in [0.717, 1.165) is 17.5 Å². The molecule has 1 aromatic carbocycles. The second kappa shape index (κ2) is 5.21. The molecule has 98 valence electrons. The van der Waals surface area contributed by atoms with Gasteiger partial charge in [0, 0.05) is 0 Å². The fourth-order valence-electron chi connectivity index (χ4n) is 1.49. The van der Waals surface area contributed by atoms with Crippen LogP contribution in [0.1, 0.15) is 11.1 Å². The zero-order valence-corrected chi connectivity index (χ0v) is 10.1. The lowest BCUT2D eigenvalue weighted by molar-refractivity contribution is 0.447. The molecule has 0 aliphatic heterocycles. The van der Waals surface area contributed by atoms with Gasteiger partial charge >= 0.3 is 5.69 Å². The molecule has 0 aliphatic carbocycles. The van der Waals surface area contributed by atoms with E-state index in [9.17, 15) is 14.7 Å². The highest BCUT2D eigenvalue weighted by Gasteiger charge is 2.04. The van der Waals surface area contributed by atoms with Gasteiger partial charge in [0.25, 0.3) is 5.56 Å². The van der Waals surface area contributed by atoms with Crippen molar-refractivity contribution in [2.24, 2.45) is 5.10 Å². The van der Waals surface area contributed by atoms with Crippen LogP contribution < -0.4 is 16.7 Å². The van der Waals surface area contributed by atoms with Gasteiger partial charge in [-0.15, -0.1) is 0 Å². The Morgan fingerprint density at radius 3 is 2.79 bits per heavy atom. The first kappa shape index (κ1) is 12.6. The molecular weight excluding hydrogens is 248 g/mol. The van der Waals surface area contributed by atoms with Gasteiger partial charge < -0.3 is 5.11 Å². The molecule has 0 spiro atoms. The summed E-state index contributed by atoms with van der Waals surface area (Å²) in [6.07, 6.45) is 1.13. The number of aryl methyl sites for hydroxylation is 1. The van der Waals surface area contributed by atoms with E-state index in [1.807, 2.05) is 30.1 Å². The van der Waals surface area contributed by atoms with Crippen LogP contribution in [0.3, 0.4) is 0 Å². The van der Waals surface area contributed by atoms with Crippen molar-refractivity contribution in [3.05, 3.63) is 56.2 Å². The molecule has 0 atom stereocenters. The Morgan fingerprint density at radius 1 is 1.32 bits per heavy atom. The summed E-state index contributed by atoms with van der Waals surface area (Å²) in [7, 11) is 0. The van der Waals surface area contributed by atoms with Gasteiger partial charge in [0.15, 0.2) is 0 Å². The van der Waals surface area contributed by atoms with Crippen LogP contribution in [0.4, 0.5) is 5.69 Å². The molecule has 0 saturated heterocycles. The maximum absolute atomic E-state index is 11.4. The lowest BCUT2D eigenvalue weighted by atomic mass is 10.2. The number of benzene rings is 1. The molecule has 0 aliphatic rings. The van der Waals surface area contributed by atoms with Crippen LogP contribution in [0.5, 0.6) is 5.88 Å². The summed E-state index contributed by atoms with van der Waals surface area (Å²) in [6, 6.07) is 7.47. The van der Waals surface area contributed by atoms with Gasteiger partial charge in [-0.3, -0.25) is 20.2 Å². The Labute approximate surface area is 107 Å². The summed E-state index contributed by atoms with van der Waals surface area (Å²) in [5, 5.41) is 13.2. The van der Waals surface area contributed by atoms with Gasteiger partial charge in [0.1, 0.15) is 5.56 Å². The topological polar surface area (TPSA) is 110 Å². The fraction of sp³-hybridized carbons (Fsp3) is 0.0833. The van der Waals surface area contributed by atoms with Crippen molar-refractivity contribution in [2.75, 3.05) is 5.43 Å². The summed E-state index contributed by atoms with van der Waals surface area (Å²) < 4.78 is 0. The second-order valence-electron chi connectivity index (χ2n) is 3.91. The molecule has 0 amide bonds. The number of aromatic nitrogens is 2. The summed E-state index contributed by atoms with van der Waals surface area (Å²) in [5.41, 5.74) is 2.91. The molecule has 0 bridgehead atoms. The first-order valence-electron chi connectivity index (χ1n) is 5.47. The van der Waals surface area contributed by atoms with Crippen molar-refractivity contribution in [2.45, 2.75) is 6.92 Å². The van der Waals surface area contributed by atoms with E-state index in [0.29, 0.717) is 0 Å². The molecular formula is C12H12N4O3. The SMILES string of the molecule is Cc1cccc(N/N=C/c2c(O)[nH]c(=O)[nH]c2=O)c1. The molecule has 19 heavy (non-hydrogen) atoms. The molecule has 2 rings (SSSR count). The second-order valence-corrected chi connectivity index (χ2v) is 3.91. The predicted octanol–water partition coefficient (Wildman–Crippen LogP) is 0.523. The molecule has 1 heterocycles. The zero-order valence-electron chi connectivity index (χ0n) is 10.1. The Morgan fingerprint density at radius 2 is 2.11 bits per heavy atom. The van der Waals surface area contributed by atoms with Crippen molar-refractivity contribution in [3.63, 3.8) is 0 Å². The highest BCUT2D eigenvalue weighted by Crippen LogP contribution is 2.09. The molecule has 0 unspecified atom stereocenters. The van der Waals surface area contributed by atoms with Gasteiger partial charge in [-0.05, 0) is 24.6 Å². The van der Waals surface area contributed by atoms with Crippen molar-refractivity contribution < 1.29 is 5.11 Å². The van der Waals surface area contributed by atoms with Gasteiger partial charge in [-0.2, -0.15) is 5.10 Å². The lowest BCUT2D eigenvalue weighted by Crippen LogP contribution is -2.25. The minimum atomic E-state index is -0.772. The fourth-order valence-corrected chi connectivity index (χ4v) is 1.49. The van der Waals surface area contributed by atoms with Crippen molar-refractivity contribution >= 4 is 11.9 Å². The largest absolute Gasteiger partial charge is 0.494 e. The van der Waals surface area contributed by atoms with E-state index in [-0.39, 0.29) is 5.56 Å². The summed E-state index contributed by atoms with van der Waals surface area (Å²) in [4.78, 5) is 26.3. The van der Waals surface area contributed by atoms with E-state index < -0.39 is 17.1 Å². The van der Waals surface area contributed by atoms with Crippen molar-refractivity contribution in [1.29, 1.82) is 0 Å². The standard InChI is InChI=1S/C12H12N4O3/c1-7-3-2-4-8(5-7)16-13-6-9-10(17)14-12(19)15-11(9)18/h2-6,16H,1H3,(H3,14,15,17,18,19)/b13-6+. The average Bonchev–Trinajstić information content (AvgIpc) is 2.32. The number of H-pyrrole nitrogens is 2. The molecule has 0 fully saturated rings. The van der Waals surface area contributed by atoms with Crippen LogP contribution in [0.2, 0.25) is 0 Å². The van der Waals surface area contributed by atoms with Crippen LogP contribution in [0.25, 0.3) is 0 Å². The third-order valence-electron chi connectivity index (χ3n) is 2.36. The summed E-state index contributed by atoms with van der Waals surface area (Å²) >= 11 is 0. The third kappa shape index (κ3) is 3.09. The number of aromatic hydroxyl groups is 1. The summed E-state index contributed by atoms with van der Waals surface area (Å²) in [5.74, 6) is -0.524. The smallest absolute Gasteiger partial charge is 0.328 e. The Balaban J connectivity index is 2.20. The van der Waals surface area contributed by atoms with Crippen LogP contribution in [0, 0.1) is 6.92 Å². The number of nitrogens with zero attached hydrogens (tertiary/aromatic N) is 1. The number of nitrogens with one attached hydrogen (secondary N) is 3. The van der Waals surface area contributed by atoms with Crippen molar-refractivity contribution in [3.8, 4) is 5.88 Å². The predicted molar refractivity (Wildman–Crippen MR) is 71.7 cm³/mol. The van der Waals surface area contributed by atoms with Crippen molar-refractivity contribution in [1.82, 2.24) is 9.97 Å². The molecule has 1 aromatic heterocycles. The minimum Gasteiger partial charge on any atom is -0.494 e. The zero-order chi connectivity index (χ0) is 13.8. The first-order chi connectivity index (χ1) is 9.06. The highest BCUT2D eigenvalue weighted by molar-refractivity contribution is 5.82.